The van der Waals surface area contributed by atoms with Gasteiger partial charge >= 0.3 is 0 Å². The Labute approximate surface area is 144 Å². The van der Waals surface area contributed by atoms with Gasteiger partial charge in [-0.2, -0.15) is 0 Å². The van der Waals surface area contributed by atoms with E-state index in [-0.39, 0.29) is 23.9 Å². The van der Waals surface area contributed by atoms with Gasteiger partial charge in [0.05, 0.1) is 20.7 Å². The first-order valence-electron chi connectivity index (χ1n) is 8.64. The molecule has 2 heterocycles. The number of nitrogens with one attached hydrogen (secondary N) is 3. The predicted octanol–water partition coefficient (Wildman–Crippen LogP) is 2.77. The quantitative estimate of drug-likeness (QED) is 0.685. The molecule has 4 rings (SSSR count). The Balaban J connectivity index is 1.55. The zero-order valence-electron chi connectivity index (χ0n) is 13.5. The van der Waals surface area contributed by atoms with Crippen molar-refractivity contribution in [3.05, 3.63) is 16.5 Å². The van der Waals surface area contributed by atoms with Crippen molar-refractivity contribution in [2.24, 2.45) is 0 Å². The van der Waals surface area contributed by atoms with E-state index in [2.05, 4.69) is 15.6 Å². The summed E-state index contributed by atoms with van der Waals surface area (Å²) in [5, 5.41) is 6.08. The molecule has 128 valence electrons. The summed E-state index contributed by atoms with van der Waals surface area (Å²) in [7, 11) is 0. The van der Waals surface area contributed by atoms with Crippen LogP contribution in [0.4, 0.5) is 5.82 Å². The Morgan fingerprint density at radius 1 is 1.04 bits per heavy atom. The van der Waals surface area contributed by atoms with Crippen LogP contribution in [0.25, 0.3) is 10.2 Å². The molecule has 24 heavy (non-hydrogen) atoms. The predicted molar refractivity (Wildman–Crippen MR) is 95.4 cm³/mol. The van der Waals surface area contributed by atoms with Gasteiger partial charge in [0.15, 0.2) is 0 Å². The van der Waals surface area contributed by atoms with Crippen LogP contribution in [-0.2, 0) is 0 Å². The summed E-state index contributed by atoms with van der Waals surface area (Å²) in [6.45, 7) is 0. The van der Waals surface area contributed by atoms with Gasteiger partial charge < -0.3 is 21.4 Å². The van der Waals surface area contributed by atoms with Gasteiger partial charge in [-0.15, -0.1) is 11.3 Å². The lowest BCUT2D eigenvalue weighted by atomic mass is 9.95. The normalized spacial score (nSPS) is 18.7. The summed E-state index contributed by atoms with van der Waals surface area (Å²) in [6, 6.07) is 2.34. The van der Waals surface area contributed by atoms with Crippen LogP contribution in [0.2, 0.25) is 0 Å². The highest BCUT2D eigenvalue weighted by Gasteiger charge is 2.28. The Morgan fingerprint density at radius 3 is 2.42 bits per heavy atom. The number of hydrogen-bond acceptors (Lipinski definition) is 4. The van der Waals surface area contributed by atoms with Gasteiger partial charge in [-0.1, -0.05) is 19.3 Å². The summed E-state index contributed by atoms with van der Waals surface area (Å²) >= 11 is 1.33. The molecule has 0 atom stereocenters. The highest BCUT2D eigenvalue weighted by molar-refractivity contribution is 7.21. The number of aromatic amines is 1. The third kappa shape index (κ3) is 3.00. The first-order chi connectivity index (χ1) is 11.6. The maximum absolute atomic E-state index is 12.5. The van der Waals surface area contributed by atoms with Crippen molar-refractivity contribution in [1.82, 2.24) is 15.6 Å². The van der Waals surface area contributed by atoms with Crippen molar-refractivity contribution in [2.45, 2.75) is 57.0 Å². The Bertz CT molecular complexity index is 784. The van der Waals surface area contributed by atoms with Gasteiger partial charge in [-0.3, -0.25) is 9.59 Å². The van der Waals surface area contributed by atoms with Crippen LogP contribution in [0.5, 0.6) is 0 Å². The minimum absolute atomic E-state index is 0.0522. The number of thiophene rings is 1. The summed E-state index contributed by atoms with van der Waals surface area (Å²) in [4.78, 5) is 28.5. The van der Waals surface area contributed by atoms with E-state index < -0.39 is 0 Å². The molecule has 2 amide bonds. The van der Waals surface area contributed by atoms with E-state index in [0.717, 1.165) is 35.9 Å². The Hall–Kier alpha value is -2.02. The van der Waals surface area contributed by atoms with Crippen LogP contribution >= 0.6 is 11.3 Å². The maximum Gasteiger partial charge on any atom is 0.261 e. The third-order valence-corrected chi connectivity index (χ3v) is 5.95. The van der Waals surface area contributed by atoms with E-state index in [1.807, 2.05) is 0 Å². The zero-order valence-corrected chi connectivity index (χ0v) is 14.3. The van der Waals surface area contributed by atoms with Crippen molar-refractivity contribution in [2.75, 3.05) is 5.73 Å². The van der Waals surface area contributed by atoms with Gasteiger partial charge in [-0.05, 0) is 31.7 Å². The number of nitrogen functional groups attached to an aromatic ring is 1. The molecule has 2 aliphatic rings. The number of rotatable bonds is 4. The highest BCUT2D eigenvalue weighted by Crippen LogP contribution is 2.33. The molecule has 7 heteroatoms. The molecule has 2 aromatic rings. The highest BCUT2D eigenvalue weighted by atomic mass is 32.1. The van der Waals surface area contributed by atoms with Gasteiger partial charge in [0.1, 0.15) is 5.82 Å². The molecule has 0 saturated heterocycles. The number of fused-ring (bicyclic) bond motifs is 1. The molecule has 0 spiro atoms. The van der Waals surface area contributed by atoms with Crippen LogP contribution in [-0.4, -0.2) is 28.9 Å². The van der Waals surface area contributed by atoms with E-state index in [9.17, 15) is 9.59 Å². The van der Waals surface area contributed by atoms with Crippen LogP contribution in [0, 0.1) is 0 Å². The van der Waals surface area contributed by atoms with Crippen molar-refractivity contribution < 1.29 is 9.59 Å². The van der Waals surface area contributed by atoms with Gasteiger partial charge in [0.25, 0.3) is 11.8 Å². The first-order valence-corrected chi connectivity index (χ1v) is 9.46. The first kappa shape index (κ1) is 15.5. The minimum Gasteiger partial charge on any atom is -0.385 e. The summed E-state index contributed by atoms with van der Waals surface area (Å²) < 4.78 is 0.763. The lowest BCUT2D eigenvalue weighted by Gasteiger charge is -2.22. The number of aromatic nitrogens is 1. The van der Waals surface area contributed by atoms with E-state index >= 15 is 0 Å². The largest absolute Gasteiger partial charge is 0.385 e. The van der Waals surface area contributed by atoms with Crippen molar-refractivity contribution in [1.29, 1.82) is 0 Å². The fraction of sp³-hybridized carbons (Fsp3) is 0.529. The fourth-order valence-electron chi connectivity index (χ4n) is 3.33. The number of anilines is 1. The molecule has 0 aromatic carbocycles. The molecular formula is C17H22N4O2S. The number of nitrogens with two attached hydrogens (primary N) is 1. The lowest BCUT2D eigenvalue weighted by Crippen LogP contribution is -2.35. The van der Waals surface area contributed by atoms with Gasteiger partial charge in [0, 0.05) is 12.1 Å². The van der Waals surface area contributed by atoms with Crippen LogP contribution in [0.15, 0.2) is 6.07 Å². The number of amides is 2. The molecule has 0 radical (unpaired) electrons. The number of carbonyl (C=O) groups is 2. The topological polar surface area (TPSA) is 100 Å². The SMILES string of the molecule is Nc1[nH]c2cc(C(=O)NC3CCCCC3)sc2c1C(=O)NC1CC1. The summed E-state index contributed by atoms with van der Waals surface area (Å²) in [5.41, 5.74) is 7.19. The zero-order chi connectivity index (χ0) is 16.7. The maximum atomic E-state index is 12.5. The molecule has 0 aliphatic heterocycles. The monoisotopic (exact) mass is 346 g/mol. The lowest BCUT2D eigenvalue weighted by molar-refractivity contribution is 0.0928. The molecule has 2 aliphatic carbocycles. The van der Waals surface area contributed by atoms with Crippen molar-refractivity contribution in [3.63, 3.8) is 0 Å². The minimum atomic E-state index is -0.151. The Morgan fingerprint density at radius 2 is 1.71 bits per heavy atom. The van der Waals surface area contributed by atoms with Gasteiger partial charge in [-0.25, -0.2) is 0 Å². The fourth-order valence-corrected chi connectivity index (χ4v) is 4.40. The molecule has 5 N–H and O–H groups in total. The molecule has 2 saturated carbocycles. The number of hydrogen-bond donors (Lipinski definition) is 4. The second-order valence-corrected chi connectivity index (χ2v) is 7.88. The number of carbonyl (C=O) groups excluding carboxylic acids is 2. The van der Waals surface area contributed by atoms with E-state index in [1.54, 1.807) is 6.07 Å². The summed E-state index contributed by atoms with van der Waals surface area (Å²) in [5.74, 6) is 0.166. The van der Waals surface area contributed by atoms with E-state index in [1.165, 1.54) is 30.6 Å². The second kappa shape index (κ2) is 6.12. The molecule has 6 nitrogen and oxygen atoms in total. The average Bonchev–Trinajstić information content (AvgIpc) is 3.18. The van der Waals surface area contributed by atoms with E-state index in [4.69, 9.17) is 5.73 Å². The second-order valence-electron chi connectivity index (χ2n) is 6.82. The third-order valence-electron chi connectivity index (χ3n) is 4.80. The molecule has 0 unspecified atom stereocenters. The molecule has 2 fully saturated rings. The van der Waals surface area contributed by atoms with Crippen LogP contribution in [0.1, 0.15) is 65.0 Å². The number of H-pyrrole nitrogens is 1. The van der Waals surface area contributed by atoms with Crippen molar-refractivity contribution in [3.8, 4) is 0 Å². The van der Waals surface area contributed by atoms with E-state index in [0.29, 0.717) is 16.3 Å². The summed E-state index contributed by atoms with van der Waals surface area (Å²) in [6.07, 6.45) is 7.77. The molecule has 2 aromatic heterocycles. The standard InChI is InChI=1S/C17H22N4O2S/c18-15-13(17(23)20-10-6-7-10)14-11(21-15)8-12(24-14)16(22)19-9-4-2-1-3-5-9/h8-10,21H,1-7,18H2,(H,19,22)(H,20,23). The van der Waals surface area contributed by atoms with Gasteiger partial charge in [0.2, 0.25) is 0 Å². The Kier molecular flexibility index (Phi) is 3.96. The molecule has 0 bridgehead atoms. The average molecular weight is 346 g/mol. The smallest absolute Gasteiger partial charge is 0.261 e. The van der Waals surface area contributed by atoms with Crippen LogP contribution < -0.4 is 16.4 Å². The van der Waals surface area contributed by atoms with Crippen LogP contribution in [0.3, 0.4) is 0 Å². The molecular weight excluding hydrogens is 324 g/mol. The van der Waals surface area contributed by atoms with Crippen molar-refractivity contribution >= 4 is 39.2 Å².